The third kappa shape index (κ3) is 4.21. The number of hydrogen-bond acceptors (Lipinski definition) is 3. The number of amides is 1. The number of hydrogen-bond donors (Lipinski definition) is 1. The molecule has 0 radical (unpaired) electrons. The first-order valence-electron chi connectivity index (χ1n) is 8.91. The van der Waals surface area contributed by atoms with E-state index < -0.39 is 0 Å². The Morgan fingerprint density at radius 3 is 2.74 bits per heavy atom. The number of nitrogens with zero attached hydrogens (tertiary/aromatic N) is 2. The van der Waals surface area contributed by atoms with Crippen molar-refractivity contribution >= 4 is 17.5 Å². The number of rotatable bonds is 5. The van der Waals surface area contributed by atoms with Gasteiger partial charge in [0, 0.05) is 11.6 Å². The number of nitrogens with one attached hydrogen (secondary N) is 1. The number of carbonyl (C=O) groups excluding carboxylic acids is 1. The van der Waals surface area contributed by atoms with Crippen molar-refractivity contribution in [2.75, 3.05) is 6.54 Å². The first-order valence-corrected chi connectivity index (χ1v) is 9.29. The summed E-state index contributed by atoms with van der Waals surface area (Å²) in [6, 6.07) is 17.4. The van der Waals surface area contributed by atoms with Gasteiger partial charge in [-0.2, -0.15) is 0 Å². The number of imidazole rings is 1. The fraction of sp³-hybridized carbons (Fsp3) is 0.238. The van der Waals surface area contributed by atoms with Crippen molar-refractivity contribution in [3.63, 3.8) is 0 Å². The molecule has 6 heteroatoms. The normalized spacial score (nSPS) is 16.0. The summed E-state index contributed by atoms with van der Waals surface area (Å²) in [5.41, 5.74) is 3.10. The number of benzene rings is 2. The van der Waals surface area contributed by atoms with Gasteiger partial charge in [-0.25, -0.2) is 4.98 Å². The molecule has 0 bridgehead atoms. The second kappa shape index (κ2) is 7.94. The van der Waals surface area contributed by atoms with Gasteiger partial charge in [0.15, 0.2) is 0 Å². The summed E-state index contributed by atoms with van der Waals surface area (Å²) in [7, 11) is 0. The van der Waals surface area contributed by atoms with Gasteiger partial charge in [-0.3, -0.25) is 4.79 Å². The number of fused-ring (bicyclic) bond motifs is 1. The standard InChI is InChI=1S/C21H20ClN3O2/c22-17-8-6-16(7-9-17)19-12-23-20-14-27-18(13-25(19)20)11-24-21(26)10-15-4-2-1-3-5-15/h1-9,12,18H,10-11,13-14H2,(H,24,26)/t18-/m0/s1. The van der Waals surface area contributed by atoms with Crippen molar-refractivity contribution in [3.8, 4) is 11.3 Å². The zero-order chi connectivity index (χ0) is 18.6. The Labute approximate surface area is 162 Å². The molecule has 1 aliphatic heterocycles. The molecular formula is C21H20ClN3O2. The third-order valence-corrected chi connectivity index (χ3v) is 4.90. The van der Waals surface area contributed by atoms with E-state index in [1.54, 1.807) is 0 Å². The Morgan fingerprint density at radius 2 is 1.96 bits per heavy atom. The van der Waals surface area contributed by atoms with E-state index in [1.165, 1.54) is 0 Å². The Kier molecular flexibility index (Phi) is 5.23. The van der Waals surface area contributed by atoms with Gasteiger partial charge in [0.2, 0.25) is 5.91 Å². The van der Waals surface area contributed by atoms with E-state index in [2.05, 4.69) is 14.9 Å². The predicted octanol–water partition coefficient (Wildman–Crippen LogP) is 3.46. The first kappa shape index (κ1) is 17.8. The Bertz CT molecular complexity index is 922. The van der Waals surface area contributed by atoms with Gasteiger partial charge >= 0.3 is 0 Å². The molecule has 0 fully saturated rings. The summed E-state index contributed by atoms with van der Waals surface area (Å²) >= 11 is 5.99. The van der Waals surface area contributed by atoms with Crippen LogP contribution in [0.5, 0.6) is 0 Å². The summed E-state index contributed by atoms with van der Waals surface area (Å²) in [5, 5.41) is 3.68. The maximum Gasteiger partial charge on any atom is 0.224 e. The molecule has 0 saturated carbocycles. The number of carbonyl (C=O) groups is 1. The number of halogens is 1. The highest BCUT2D eigenvalue weighted by Crippen LogP contribution is 2.26. The molecule has 0 unspecified atom stereocenters. The van der Waals surface area contributed by atoms with Gasteiger partial charge in [0.05, 0.1) is 31.0 Å². The maximum atomic E-state index is 12.2. The average molecular weight is 382 g/mol. The molecule has 1 aromatic heterocycles. The molecule has 0 saturated heterocycles. The predicted molar refractivity (Wildman–Crippen MR) is 104 cm³/mol. The van der Waals surface area contributed by atoms with Crippen LogP contribution in [0.2, 0.25) is 5.02 Å². The summed E-state index contributed by atoms with van der Waals surface area (Å²) in [6.07, 6.45) is 2.15. The smallest absolute Gasteiger partial charge is 0.224 e. The van der Waals surface area contributed by atoms with Crippen LogP contribution in [0.4, 0.5) is 0 Å². The van der Waals surface area contributed by atoms with Crippen molar-refractivity contribution < 1.29 is 9.53 Å². The molecule has 1 N–H and O–H groups in total. The van der Waals surface area contributed by atoms with E-state index in [0.717, 1.165) is 22.6 Å². The Balaban J connectivity index is 1.39. The van der Waals surface area contributed by atoms with Crippen LogP contribution in [0, 0.1) is 0 Å². The highest BCUT2D eigenvalue weighted by atomic mass is 35.5. The molecule has 2 aromatic carbocycles. The highest BCUT2D eigenvalue weighted by molar-refractivity contribution is 6.30. The zero-order valence-electron chi connectivity index (χ0n) is 14.8. The van der Waals surface area contributed by atoms with E-state index in [9.17, 15) is 4.79 Å². The SMILES string of the molecule is O=C(Cc1ccccc1)NC[C@H]1Cn2c(-c3ccc(Cl)cc3)cnc2CO1. The molecule has 0 aliphatic carbocycles. The first-order chi connectivity index (χ1) is 13.2. The molecule has 3 aromatic rings. The molecule has 138 valence electrons. The summed E-state index contributed by atoms with van der Waals surface area (Å²) in [5.74, 6) is 0.894. The van der Waals surface area contributed by atoms with Crippen LogP contribution in [-0.2, 0) is 29.1 Å². The topological polar surface area (TPSA) is 56.2 Å². The van der Waals surface area contributed by atoms with Gasteiger partial charge in [-0.1, -0.05) is 54.1 Å². The molecule has 2 heterocycles. The number of aromatic nitrogens is 2. The quantitative estimate of drug-likeness (QED) is 0.736. The van der Waals surface area contributed by atoms with Crippen molar-refractivity contribution in [1.82, 2.24) is 14.9 Å². The monoisotopic (exact) mass is 381 g/mol. The Hall–Kier alpha value is -2.63. The van der Waals surface area contributed by atoms with Crippen LogP contribution in [0.15, 0.2) is 60.8 Å². The van der Waals surface area contributed by atoms with E-state index in [4.69, 9.17) is 16.3 Å². The fourth-order valence-corrected chi connectivity index (χ4v) is 3.35. The molecule has 1 amide bonds. The van der Waals surface area contributed by atoms with Crippen LogP contribution in [0.3, 0.4) is 0 Å². The highest BCUT2D eigenvalue weighted by Gasteiger charge is 2.23. The van der Waals surface area contributed by atoms with Crippen LogP contribution in [0.25, 0.3) is 11.3 Å². The Morgan fingerprint density at radius 1 is 1.19 bits per heavy atom. The summed E-state index contributed by atoms with van der Waals surface area (Å²) in [6.45, 7) is 1.56. The van der Waals surface area contributed by atoms with Crippen LogP contribution < -0.4 is 5.32 Å². The number of ether oxygens (including phenoxy) is 1. The zero-order valence-corrected chi connectivity index (χ0v) is 15.5. The summed E-state index contributed by atoms with van der Waals surface area (Å²) in [4.78, 5) is 16.6. The van der Waals surface area contributed by atoms with Gasteiger partial charge in [0.25, 0.3) is 0 Å². The maximum absolute atomic E-state index is 12.2. The third-order valence-electron chi connectivity index (χ3n) is 4.65. The van der Waals surface area contributed by atoms with Crippen molar-refractivity contribution in [2.45, 2.75) is 25.7 Å². The van der Waals surface area contributed by atoms with Gasteiger partial charge in [0.1, 0.15) is 12.4 Å². The van der Waals surface area contributed by atoms with Crippen LogP contribution in [0.1, 0.15) is 11.4 Å². The minimum absolute atomic E-state index is 0.000784. The fourth-order valence-electron chi connectivity index (χ4n) is 3.23. The average Bonchev–Trinajstić information content (AvgIpc) is 3.11. The van der Waals surface area contributed by atoms with E-state index in [-0.39, 0.29) is 12.0 Å². The van der Waals surface area contributed by atoms with Gasteiger partial charge < -0.3 is 14.6 Å². The lowest BCUT2D eigenvalue weighted by Gasteiger charge is -2.26. The molecule has 5 nitrogen and oxygen atoms in total. The lowest BCUT2D eigenvalue weighted by molar-refractivity contribution is -0.121. The van der Waals surface area contributed by atoms with E-state index >= 15 is 0 Å². The van der Waals surface area contributed by atoms with E-state index in [0.29, 0.717) is 31.1 Å². The minimum Gasteiger partial charge on any atom is -0.367 e. The van der Waals surface area contributed by atoms with Crippen molar-refractivity contribution in [3.05, 3.63) is 77.2 Å². The van der Waals surface area contributed by atoms with Gasteiger partial charge in [-0.05, 0) is 23.3 Å². The summed E-state index contributed by atoms with van der Waals surface area (Å²) < 4.78 is 8.01. The molecule has 0 spiro atoms. The molecule has 27 heavy (non-hydrogen) atoms. The molecular weight excluding hydrogens is 362 g/mol. The second-order valence-electron chi connectivity index (χ2n) is 6.58. The molecule has 1 atom stereocenters. The van der Waals surface area contributed by atoms with Crippen LogP contribution >= 0.6 is 11.6 Å². The lowest BCUT2D eigenvalue weighted by Crippen LogP contribution is -2.39. The second-order valence-corrected chi connectivity index (χ2v) is 7.01. The minimum atomic E-state index is -0.0857. The van der Waals surface area contributed by atoms with E-state index in [1.807, 2.05) is 60.8 Å². The largest absolute Gasteiger partial charge is 0.367 e. The van der Waals surface area contributed by atoms with Gasteiger partial charge in [-0.15, -0.1) is 0 Å². The van der Waals surface area contributed by atoms with Crippen molar-refractivity contribution in [2.24, 2.45) is 0 Å². The van der Waals surface area contributed by atoms with Crippen molar-refractivity contribution in [1.29, 1.82) is 0 Å². The lowest BCUT2D eigenvalue weighted by atomic mass is 10.1. The molecule has 1 aliphatic rings. The molecule has 4 rings (SSSR count). The van der Waals surface area contributed by atoms with Crippen LogP contribution in [-0.4, -0.2) is 28.1 Å².